The minimum absolute atomic E-state index is 0.0525. The summed E-state index contributed by atoms with van der Waals surface area (Å²) >= 11 is 13.2. The highest BCUT2D eigenvalue weighted by Gasteiger charge is 2.23. The van der Waals surface area contributed by atoms with E-state index in [4.69, 9.17) is 23.2 Å². The summed E-state index contributed by atoms with van der Waals surface area (Å²) < 4.78 is 0. The molecule has 1 aliphatic rings. The van der Waals surface area contributed by atoms with Crippen LogP contribution in [0.3, 0.4) is 0 Å². The molecular weight excluding hydrogens is 483 g/mol. The number of thiazole rings is 1. The van der Waals surface area contributed by atoms with Gasteiger partial charge in [-0.15, -0.1) is 11.3 Å². The highest BCUT2D eigenvalue weighted by molar-refractivity contribution is 7.13. The second-order valence-electron chi connectivity index (χ2n) is 8.43. The van der Waals surface area contributed by atoms with Crippen LogP contribution in [0.15, 0.2) is 23.6 Å². The van der Waals surface area contributed by atoms with Crippen molar-refractivity contribution in [3.63, 3.8) is 0 Å². The van der Waals surface area contributed by atoms with Gasteiger partial charge in [-0.3, -0.25) is 14.4 Å². The molecule has 33 heavy (non-hydrogen) atoms. The van der Waals surface area contributed by atoms with Gasteiger partial charge < -0.3 is 15.5 Å². The largest absolute Gasteiger partial charge is 0.353 e. The molecule has 0 spiro atoms. The highest BCUT2D eigenvalue weighted by Crippen LogP contribution is 2.24. The van der Waals surface area contributed by atoms with Crippen molar-refractivity contribution in [2.45, 2.75) is 64.5 Å². The van der Waals surface area contributed by atoms with Crippen LogP contribution in [0.2, 0.25) is 10.0 Å². The molecule has 10 heteroatoms. The SMILES string of the molecule is CC(C)N(CC(=O)Nc1nc(CC(=O)NC2CCCCC2)cs1)C(=O)c1ccc(Cl)c(Cl)c1. The van der Waals surface area contributed by atoms with E-state index in [2.05, 4.69) is 15.6 Å². The van der Waals surface area contributed by atoms with Gasteiger partial charge in [0, 0.05) is 23.0 Å². The number of aromatic nitrogens is 1. The van der Waals surface area contributed by atoms with Crippen LogP contribution in [-0.2, 0) is 16.0 Å². The average Bonchev–Trinajstić information content (AvgIpc) is 3.20. The first-order valence-electron chi connectivity index (χ1n) is 11.0. The monoisotopic (exact) mass is 510 g/mol. The lowest BCUT2D eigenvalue weighted by atomic mass is 9.95. The van der Waals surface area contributed by atoms with Crippen LogP contribution < -0.4 is 10.6 Å². The lowest BCUT2D eigenvalue weighted by Gasteiger charge is -2.26. The molecule has 1 saturated carbocycles. The summed E-state index contributed by atoms with van der Waals surface area (Å²) in [6.45, 7) is 3.51. The van der Waals surface area contributed by atoms with Crippen LogP contribution in [0.25, 0.3) is 0 Å². The maximum absolute atomic E-state index is 12.9. The third kappa shape index (κ3) is 7.42. The van der Waals surface area contributed by atoms with Gasteiger partial charge in [0.05, 0.1) is 22.2 Å². The van der Waals surface area contributed by atoms with Crippen molar-refractivity contribution in [2.75, 3.05) is 11.9 Å². The summed E-state index contributed by atoms with van der Waals surface area (Å²) in [5.74, 6) is -0.745. The van der Waals surface area contributed by atoms with Crippen LogP contribution in [0, 0.1) is 0 Å². The van der Waals surface area contributed by atoms with E-state index in [1.165, 1.54) is 28.7 Å². The lowest BCUT2D eigenvalue weighted by Crippen LogP contribution is -2.42. The molecular formula is C23H28Cl2N4O3S. The van der Waals surface area contributed by atoms with Gasteiger partial charge in [-0.05, 0) is 44.9 Å². The van der Waals surface area contributed by atoms with E-state index in [-0.39, 0.29) is 47.8 Å². The van der Waals surface area contributed by atoms with Crippen molar-refractivity contribution in [3.8, 4) is 0 Å². The van der Waals surface area contributed by atoms with Gasteiger partial charge in [-0.1, -0.05) is 42.5 Å². The first-order chi connectivity index (χ1) is 15.7. The molecule has 3 amide bonds. The molecule has 1 fully saturated rings. The zero-order valence-corrected chi connectivity index (χ0v) is 21.0. The van der Waals surface area contributed by atoms with E-state index < -0.39 is 0 Å². The zero-order chi connectivity index (χ0) is 24.0. The van der Waals surface area contributed by atoms with Crippen molar-refractivity contribution in [2.24, 2.45) is 0 Å². The van der Waals surface area contributed by atoms with Crippen molar-refractivity contribution in [1.29, 1.82) is 0 Å². The van der Waals surface area contributed by atoms with Crippen LogP contribution in [-0.4, -0.2) is 46.2 Å². The second-order valence-corrected chi connectivity index (χ2v) is 10.1. The van der Waals surface area contributed by atoms with Crippen LogP contribution in [0.1, 0.15) is 62.0 Å². The Kier molecular flexibility index (Phi) is 9.11. The van der Waals surface area contributed by atoms with Crippen LogP contribution >= 0.6 is 34.5 Å². The van der Waals surface area contributed by atoms with Crippen LogP contribution in [0.4, 0.5) is 5.13 Å². The van der Waals surface area contributed by atoms with Gasteiger partial charge in [0.2, 0.25) is 11.8 Å². The number of hydrogen-bond acceptors (Lipinski definition) is 5. The first kappa shape index (κ1) is 25.5. The van der Waals surface area contributed by atoms with Crippen LogP contribution in [0.5, 0.6) is 0 Å². The van der Waals surface area contributed by atoms with Gasteiger partial charge in [-0.25, -0.2) is 4.98 Å². The minimum Gasteiger partial charge on any atom is -0.353 e. The fourth-order valence-electron chi connectivity index (χ4n) is 3.73. The Bertz CT molecular complexity index is 1010. The van der Waals surface area contributed by atoms with Crippen molar-refractivity contribution < 1.29 is 14.4 Å². The summed E-state index contributed by atoms with van der Waals surface area (Å²) in [6.07, 6.45) is 5.76. The van der Waals surface area contributed by atoms with E-state index in [1.54, 1.807) is 17.5 Å². The predicted molar refractivity (Wildman–Crippen MR) is 132 cm³/mol. The number of nitrogens with zero attached hydrogens (tertiary/aromatic N) is 2. The summed E-state index contributed by atoms with van der Waals surface area (Å²) in [5, 5.41) is 8.58. The summed E-state index contributed by atoms with van der Waals surface area (Å²) in [6, 6.07) is 4.66. The van der Waals surface area contributed by atoms with E-state index in [9.17, 15) is 14.4 Å². The Hall–Kier alpha value is -2.16. The molecule has 0 atom stereocenters. The number of halogens is 2. The Morgan fingerprint density at radius 2 is 1.85 bits per heavy atom. The Labute approximate surface area is 207 Å². The Balaban J connectivity index is 1.55. The number of hydrogen-bond donors (Lipinski definition) is 2. The van der Waals surface area contributed by atoms with Gasteiger partial charge in [-0.2, -0.15) is 0 Å². The number of carbonyl (C=O) groups excluding carboxylic acids is 3. The molecule has 0 bridgehead atoms. The molecule has 0 aliphatic heterocycles. The maximum atomic E-state index is 12.9. The predicted octanol–water partition coefficient (Wildman–Crippen LogP) is 4.93. The lowest BCUT2D eigenvalue weighted by molar-refractivity contribution is -0.121. The molecule has 1 aromatic carbocycles. The van der Waals surface area contributed by atoms with Gasteiger partial charge in [0.25, 0.3) is 5.91 Å². The molecule has 2 N–H and O–H groups in total. The normalized spacial score (nSPS) is 14.2. The molecule has 3 rings (SSSR count). The maximum Gasteiger partial charge on any atom is 0.254 e. The van der Waals surface area contributed by atoms with Crippen molar-refractivity contribution in [1.82, 2.24) is 15.2 Å². The quantitative estimate of drug-likeness (QED) is 0.526. The molecule has 2 aromatic rings. The summed E-state index contributed by atoms with van der Waals surface area (Å²) in [5.41, 5.74) is 0.961. The topological polar surface area (TPSA) is 91.4 Å². The summed E-state index contributed by atoms with van der Waals surface area (Å²) in [4.78, 5) is 43.6. The van der Waals surface area contributed by atoms with Gasteiger partial charge in [0.15, 0.2) is 5.13 Å². The highest BCUT2D eigenvalue weighted by atomic mass is 35.5. The zero-order valence-electron chi connectivity index (χ0n) is 18.7. The number of carbonyl (C=O) groups is 3. The first-order valence-corrected chi connectivity index (χ1v) is 12.7. The molecule has 1 heterocycles. The Morgan fingerprint density at radius 3 is 2.52 bits per heavy atom. The molecule has 0 saturated heterocycles. The number of nitrogens with one attached hydrogen (secondary N) is 2. The van der Waals surface area contributed by atoms with Crippen molar-refractivity contribution in [3.05, 3.63) is 44.9 Å². The van der Waals surface area contributed by atoms with E-state index in [0.29, 0.717) is 21.4 Å². The van der Waals surface area contributed by atoms with Gasteiger partial charge in [0.1, 0.15) is 6.54 Å². The Morgan fingerprint density at radius 1 is 1.12 bits per heavy atom. The summed E-state index contributed by atoms with van der Waals surface area (Å²) in [7, 11) is 0. The number of anilines is 1. The molecule has 0 radical (unpaired) electrons. The number of rotatable bonds is 8. The van der Waals surface area contributed by atoms with Gasteiger partial charge >= 0.3 is 0 Å². The fraction of sp³-hybridized carbons (Fsp3) is 0.478. The second kappa shape index (κ2) is 11.8. The number of benzene rings is 1. The molecule has 178 valence electrons. The molecule has 1 aliphatic carbocycles. The standard InChI is InChI=1S/C23H28Cl2N4O3S/c1-14(2)29(22(32)15-8-9-18(24)19(25)10-15)12-21(31)28-23-27-17(13-33-23)11-20(30)26-16-6-4-3-5-7-16/h8-10,13-14,16H,3-7,11-12H2,1-2H3,(H,26,30)(H,27,28,31). The fourth-order valence-corrected chi connectivity index (χ4v) is 4.76. The third-order valence-electron chi connectivity index (χ3n) is 5.47. The van der Waals surface area contributed by atoms with E-state index >= 15 is 0 Å². The van der Waals surface area contributed by atoms with Crippen molar-refractivity contribution >= 4 is 57.4 Å². The van der Waals surface area contributed by atoms with E-state index in [0.717, 1.165) is 25.7 Å². The third-order valence-corrected chi connectivity index (χ3v) is 7.02. The van der Waals surface area contributed by atoms with E-state index in [1.807, 2.05) is 13.8 Å². The molecule has 7 nitrogen and oxygen atoms in total. The number of amides is 3. The minimum atomic E-state index is -0.371. The smallest absolute Gasteiger partial charge is 0.254 e. The molecule has 0 unspecified atom stereocenters. The molecule has 1 aromatic heterocycles. The average molecular weight is 511 g/mol.